The Balaban J connectivity index is 2.12. The topological polar surface area (TPSA) is 29.3 Å². The zero-order valence-electron chi connectivity index (χ0n) is 11.2. The highest BCUT2D eigenvalue weighted by atomic mass is 15.2. The lowest BCUT2D eigenvalue weighted by atomic mass is 9.95. The van der Waals surface area contributed by atoms with E-state index in [9.17, 15) is 0 Å². The Morgan fingerprint density at radius 1 is 1.24 bits per heavy atom. The summed E-state index contributed by atoms with van der Waals surface area (Å²) >= 11 is 0. The lowest BCUT2D eigenvalue weighted by molar-refractivity contribution is 0.108. The first-order chi connectivity index (χ1) is 8.02. The predicted molar refractivity (Wildman–Crippen MR) is 72.9 cm³/mol. The zero-order valence-corrected chi connectivity index (χ0v) is 11.2. The van der Waals surface area contributed by atoms with E-state index >= 15 is 0 Å². The third-order valence-corrected chi connectivity index (χ3v) is 4.16. The Bertz CT molecular complexity index is 358. The van der Waals surface area contributed by atoms with Crippen molar-refractivity contribution in [2.45, 2.75) is 51.2 Å². The number of nitrogens with zero attached hydrogens (tertiary/aromatic N) is 1. The molecule has 2 unspecified atom stereocenters. The predicted octanol–water partition coefficient (Wildman–Crippen LogP) is 2.95. The fraction of sp³-hybridized carbons (Fsp3) is 0.600. The number of hydrogen-bond acceptors (Lipinski definition) is 2. The van der Waals surface area contributed by atoms with Gasteiger partial charge in [0.25, 0.3) is 0 Å². The van der Waals surface area contributed by atoms with Crippen LogP contribution < -0.4 is 5.73 Å². The molecule has 2 nitrogen and oxygen atoms in total. The van der Waals surface area contributed by atoms with E-state index in [0.29, 0.717) is 11.6 Å². The van der Waals surface area contributed by atoms with Gasteiger partial charge >= 0.3 is 0 Å². The molecule has 1 saturated heterocycles. The second-order valence-electron chi connectivity index (χ2n) is 5.79. The average Bonchev–Trinajstić information content (AvgIpc) is 2.68. The normalized spacial score (nSPS) is 23.5. The molecule has 2 heteroatoms. The van der Waals surface area contributed by atoms with Crippen molar-refractivity contribution in [3.05, 3.63) is 35.9 Å². The van der Waals surface area contributed by atoms with Gasteiger partial charge in [0.1, 0.15) is 0 Å². The molecule has 1 aliphatic rings. The summed E-state index contributed by atoms with van der Waals surface area (Å²) in [5.74, 6) is 0. The molecular weight excluding hydrogens is 208 g/mol. The van der Waals surface area contributed by atoms with Crippen LogP contribution in [-0.2, 0) is 0 Å². The van der Waals surface area contributed by atoms with Crippen LogP contribution >= 0.6 is 0 Å². The van der Waals surface area contributed by atoms with E-state index in [1.165, 1.54) is 24.9 Å². The van der Waals surface area contributed by atoms with Gasteiger partial charge in [0, 0.05) is 17.6 Å². The van der Waals surface area contributed by atoms with Crippen LogP contribution in [0.5, 0.6) is 0 Å². The molecule has 0 bridgehead atoms. The van der Waals surface area contributed by atoms with E-state index < -0.39 is 0 Å². The summed E-state index contributed by atoms with van der Waals surface area (Å²) in [6.45, 7) is 8.09. The monoisotopic (exact) mass is 232 g/mol. The van der Waals surface area contributed by atoms with Crippen molar-refractivity contribution in [2.75, 3.05) is 6.54 Å². The van der Waals surface area contributed by atoms with Gasteiger partial charge in [-0.25, -0.2) is 0 Å². The first-order valence-electron chi connectivity index (χ1n) is 6.59. The van der Waals surface area contributed by atoms with Crippen molar-refractivity contribution in [2.24, 2.45) is 5.73 Å². The van der Waals surface area contributed by atoms with E-state index in [4.69, 9.17) is 5.73 Å². The lowest BCUT2D eigenvalue weighted by Gasteiger charge is -2.39. The van der Waals surface area contributed by atoms with Crippen molar-refractivity contribution >= 4 is 0 Å². The van der Waals surface area contributed by atoms with E-state index in [0.717, 1.165) is 0 Å². The number of nitrogens with two attached hydrogens (primary N) is 1. The first-order valence-corrected chi connectivity index (χ1v) is 6.59. The molecule has 0 radical (unpaired) electrons. The SMILES string of the molecule is CC(C(N)c1ccccc1)N1CCCC1(C)C. The molecule has 1 aromatic rings. The van der Waals surface area contributed by atoms with Gasteiger partial charge in [0.2, 0.25) is 0 Å². The summed E-state index contributed by atoms with van der Waals surface area (Å²) in [5, 5.41) is 0. The van der Waals surface area contributed by atoms with E-state index in [1.807, 2.05) is 6.07 Å². The van der Waals surface area contributed by atoms with Gasteiger partial charge in [0.05, 0.1) is 0 Å². The van der Waals surface area contributed by atoms with E-state index in [1.54, 1.807) is 0 Å². The molecule has 1 aromatic carbocycles. The molecule has 0 aromatic heterocycles. The average molecular weight is 232 g/mol. The molecule has 2 atom stereocenters. The fourth-order valence-corrected chi connectivity index (χ4v) is 3.03. The molecule has 17 heavy (non-hydrogen) atoms. The Morgan fingerprint density at radius 2 is 1.88 bits per heavy atom. The molecule has 0 amide bonds. The van der Waals surface area contributed by atoms with Gasteiger partial charge in [-0.05, 0) is 45.7 Å². The van der Waals surface area contributed by atoms with Crippen molar-refractivity contribution in [3.63, 3.8) is 0 Å². The molecule has 1 heterocycles. The van der Waals surface area contributed by atoms with Crippen LogP contribution in [0.3, 0.4) is 0 Å². The maximum Gasteiger partial charge on any atom is 0.0450 e. The molecule has 94 valence electrons. The highest BCUT2D eigenvalue weighted by Gasteiger charge is 2.37. The molecule has 0 aliphatic carbocycles. The summed E-state index contributed by atoms with van der Waals surface area (Å²) in [6.07, 6.45) is 2.57. The van der Waals surface area contributed by atoms with Crippen molar-refractivity contribution in [1.29, 1.82) is 0 Å². The van der Waals surface area contributed by atoms with Gasteiger partial charge in [-0.1, -0.05) is 30.3 Å². The van der Waals surface area contributed by atoms with Crippen LogP contribution in [-0.4, -0.2) is 23.0 Å². The van der Waals surface area contributed by atoms with Crippen LogP contribution in [0.4, 0.5) is 0 Å². The Hall–Kier alpha value is -0.860. The first kappa shape index (κ1) is 12.6. The zero-order chi connectivity index (χ0) is 12.5. The molecule has 0 saturated carbocycles. The van der Waals surface area contributed by atoms with Crippen LogP contribution in [0.25, 0.3) is 0 Å². The van der Waals surface area contributed by atoms with Gasteiger partial charge in [-0.15, -0.1) is 0 Å². The molecule has 1 fully saturated rings. The molecule has 2 N–H and O–H groups in total. The molecule has 1 aliphatic heterocycles. The number of hydrogen-bond donors (Lipinski definition) is 1. The Labute approximate surface area is 105 Å². The molecule has 0 spiro atoms. The van der Waals surface area contributed by atoms with Crippen LogP contribution in [0, 0.1) is 0 Å². The third-order valence-electron chi connectivity index (χ3n) is 4.16. The summed E-state index contributed by atoms with van der Waals surface area (Å²) in [7, 11) is 0. The minimum atomic E-state index is 0.105. The minimum Gasteiger partial charge on any atom is -0.323 e. The highest BCUT2D eigenvalue weighted by Crippen LogP contribution is 2.33. The van der Waals surface area contributed by atoms with Crippen LogP contribution in [0.15, 0.2) is 30.3 Å². The molecule has 2 rings (SSSR count). The second-order valence-corrected chi connectivity index (χ2v) is 5.79. The van der Waals surface area contributed by atoms with E-state index in [2.05, 4.69) is 49.9 Å². The maximum atomic E-state index is 6.40. The number of likely N-dealkylation sites (tertiary alicyclic amines) is 1. The summed E-state index contributed by atoms with van der Waals surface area (Å²) in [4.78, 5) is 2.56. The summed E-state index contributed by atoms with van der Waals surface area (Å²) in [6, 6.07) is 10.9. The second kappa shape index (κ2) is 4.79. The largest absolute Gasteiger partial charge is 0.323 e. The fourth-order valence-electron chi connectivity index (χ4n) is 3.03. The van der Waals surface area contributed by atoms with Crippen molar-refractivity contribution in [3.8, 4) is 0 Å². The maximum absolute atomic E-state index is 6.40. The molecular formula is C15H24N2. The summed E-state index contributed by atoms with van der Waals surface area (Å²) < 4.78 is 0. The van der Waals surface area contributed by atoms with Gasteiger partial charge in [-0.3, -0.25) is 4.90 Å². The quantitative estimate of drug-likeness (QED) is 0.868. The van der Waals surface area contributed by atoms with Crippen molar-refractivity contribution in [1.82, 2.24) is 4.90 Å². The van der Waals surface area contributed by atoms with Gasteiger partial charge in [0.15, 0.2) is 0 Å². The van der Waals surface area contributed by atoms with Crippen molar-refractivity contribution < 1.29 is 0 Å². The summed E-state index contributed by atoms with van der Waals surface area (Å²) in [5.41, 5.74) is 7.93. The third kappa shape index (κ3) is 2.53. The van der Waals surface area contributed by atoms with E-state index in [-0.39, 0.29) is 6.04 Å². The number of benzene rings is 1. The standard InChI is InChI=1S/C15H24N2/c1-12(17-11-7-10-15(17,2)3)14(16)13-8-5-4-6-9-13/h4-6,8-9,12,14H,7,10-11,16H2,1-3H3. The van der Waals surface area contributed by atoms with Gasteiger partial charge < -0.3 is 5.73 Å². The van der Waals surface area contributed by atoms with Gasteiger partial charge in [-0.2, -0.15) is 0 Å². The van der Waals surface area contributed by atoms with Crippen LogP contribution in [0.2, 0.25) is 0 Å². The highest BCUT2D eigenvalue weighted by molar-refractivity contribution is 5.20. The minimum absolute atomic E-state index is 0.105. The number of rotatable bonds is 3. The Kier molecular flexibility index (Phi) is 3.55. The Morgan fingerprint density at radius 3 is 2.41 bits per heavy atom. The smallest absolute Gasteiger partial charge is 0.0450 e. The van der Waals surface area contributed by atoms with Crippen LogP contribution in [0.1, 0.15) is 45.2 Å². The lowest BCUT2D eigenvalue weighted by Crippen LogP contribution is -2.48.